The summed E-state index contributed by atoms with van der Waals surface area (Å²) in [5.41, 5.74) is 5.07. The number of carbonyl (C=O) groups excluding carboxylic acids is 1. The molecule has 0 radical (unpaired) electrons. The number of para-hydroxylation sites is 1. The van der Waals surface area contributed by atoms with Crippen LogP contribution in [-0.2, 0) is 11.2 Å². The third kappa shape index (κ3) is 4.38. The molecule has 0 bridgehead atoms. The van der Waals surface area contributed by atoms with Crippen molar-refractivity contribution in [2.24, 2.45) is 5.92 Å². The third-order valence-corrected chi connectivity index (χ3v) is 6.71. The van der Waals surface area contributed by atoms with Gasteiger partial charge in [0.05, 0.1) is 22.5 Å². The highest BCUT2D eigenvalue weighted by Crippen LogP contribution is 2.31. The van der Waals surface area contributed by atoms with Crippen molar-refractivity contribution >= 4 is 22.6 Å². The van der Waals surface area contributed by atoms with Crippen LogP contribution in [0.25, 0.3) is 16.6 Å². The molecule has 1 amide bonds. The van der Waals surface area contributed by atoms with Crippen LogP contribution in [0, 0.1) is 19.8 Å². The van der Waals surface area contributed by atoms with Crippen LogP contribution < -0.4 is 10.2 Å². The Bertz CT molecular complexity index is 1280. The molecule has 2 aromatic carbocycles. The molecule has 0 atom stereocenters. The summed E-state index contributed by atoms with van der Waals surface area (Å²) in [6.45, 7) is 6.26. The molecule has 1 saturated heterocycles. The number of rotatable bonds is 6. The van der Waals surface area contributed by atoms with E-state index in [1.54, 1.807) is 0 Å². The van der Waals surface area contributed by atoms with E-state index < -0.39 is 0 Å². The maximum atomic E-state index is 12.7. The highest BCUT2D eigenvalue weighted by Gasteiger charge is 2.28. The summed E-state index contributed by atoms with van der Waals surface area (Å²) in [5, 5.41) is 18.1. The number of benzene rings is 2. The van der Waals surface area contributed by atoms with Crippen molar-refractivity contribution < 1.29 is 4.79 Å². The number of hydrogen-bond donors (Lipinski definition) is 1. The van der Waals surface area contributed by atoms with Crippen LogP contribution >= 0.6 is 0 Å². The number of carbonyl (C=O) groups is 1. The van der Waals surface area contributed by atoms with Gasteiger partial charge in [-0.2, -0.15) is 10.2 Å². The first-order chi connectivity index (χ1) is 16.6. The van der Waals surface area contributed by atoms with Gasteiger partial charge in [0.1, 0.15) is 5.52 Å². The van der Waals surface area contributed by atoms with Gasteiger partial charge in [-0.1, -0.05) is 48.5 Å². The Labute approximate surface area is 199 Å². The highest BCUT2D eigenvalue weighted by molar-refractivity contribution is 5.92. The van der Waals surface area contributed by atoms with Gasteiger partial charge in [-0.25, -0.2) is 4.68 Å². The minimum atomic E-state index is 0.0320. The standard InChI is InChI=1S/C27H30N6O/c1-19-24-20(2)33(23-11-7-4-8-12-23)31-25(24)26(30-29-19)32-17-14-22(15-18-32)27(34)28-16-13-21-9-5-3-6-10-21/h3-12,22H,13-18H2,1-2H3,(H,28,34). The van der Waals surface area contributed by atoms with Crippen LogP contribution in [0.1, 0.15) is 29.8 Å². The summed E-state index contributed by atoms with van der Waals surface area (Å²) < 4.78 is 1.97. The third-order valence-electron chi connectivity index (χ3n) is 6.71. The van der Waals surface area contributed by atoms with Crippen molar-refractivity contribution in [3.8, 4) is 5.69 Å². The lowest BCUT2D eigenvalue weighted by Gasteiger charge is -2.32. The van der Waals surface area contributed by atoms with E-state index in [1.165, 1.54) is 5.56 Å². The quantitative estimate of drug-likeness (QED) is 0.476. The van der Waals surface area contributed by atoms with Gasteiger partial charge < -0.3 is 10.2 Å². The van der Waals surface area contributed by atoms with E-state index in [2.05, 4.69) is 51.6 Å². The second-order valence-corrected chi connectivity index (χ2v) is 8.95. The second-order valence-electron chi connectivity index (χ2n) is 8.95. The largest absolute Gasteiger partial charge is 0.356 e. The normalized spacial score (nSPS) is 14.5. The van der Waals surface area contributed by atoms with Crippen LogP contribution in [0.3, 0.4) is 0 Å². The molecule has 34 heavy (non-hydrogen) atoms. The predicted octanol–water partition coefficient (Wildman–Crippen LogP) is 4.01. The van der Waals surface area contributed by atoms with Crippen LogP contribution in [-0.4, -0.2) is 45.5 Å². The Morgan fingerprint density at radius 1 is 0.971 bits per heavy atom. The summed E-state index contributed by atoms with van der Waals surface area (Å²) in [7, 11) is 0. The Balaban J connectivity index is 1.27. The molecule has 0 unspecified atom stereocenters. The summed E-state index contributed by atoms with van der Waals surface area (Å²) in [4.78, 5) is 14.9. The monoisotopic (exact) mass is 454 g/mol. The molecule has 2 aromatic heterocycles. The number of piperidine rings is 1. The number of fused-ring (bicyclic) bond motifs is 1. The molecule has 174 valence electrons. The number of amides is 1. The predicted molar refractivity (Wildman–Crippen MR) is 134 cm³/mol. The number of hydrogen-bond acceptors (Lipinski definition) is 5. The van der Waals surface area contributed by atoms with Gasteiger partial charge in [-0.15, -0.1) is 5.10 Å². The Morgan fingerprint density at radius 2 is 1.65 bits per heavy atom. The van der Waals surface area contributed by atoms with Gasteiger partial charge >= 0.3 is 0 Å². The van der Waals surface area contributed by atoms with E-state index in [4.69, 9.17) is 5.10 Å². The molecule has 1 aliphatic heterocycles. The van der Waals surface area contributed by atoms with Crippen molar-refractivity contribution in [2.75, 3.05) is 24.5 Å². The Kier molecular flexibility index (Phi) is 6.25. The molecule has 0 saturated carbocycles. The lowest BCUT2D eigenvalue weighted by molar-refractivity contribution is -0.125. The van der Waals surface area contributed by atoms with Crippen molar-refractivity contribution in [3.63, 3.8) is 0 Å². The molecule has 4 aromatic rings. The van der Waals surface area contributed by atoms with E-state index in [0.717, 1.165) is 66.1 Å². The fourth-order valence-electron chi connectivity index (χ4n) is 4.82. The van der Waals surface area contributed by atoms with E-state index in [-0.39, 0.29) is 11.8 Å². The molecule has 1 N–H and O–H groups in total. The Hall–Kier alpha value is -3.74. The molecule has 0 spiro atoms. The minimum absolute atomic E-state index is 0.0320. The van der Waals surface area contributed by atoms with Gasteiger partial charge in [-0.05, 0) is 50.8 Å². The fraction of sp³-hybridized carbons (Fsp3) is 0.333. The number of aromatic nitrogens is 4. The van der Waals surface area contributed by atoms with Crippen molar-refractivity contribution in [3.05, 3.63) is 77.6 Å². The smallest absolute Gasteiger partial charge is 0.223 e. The lowest BCUT2D eigenvalue weighted by atomic mass is 9.95. The van der Waals surface area contributed by atoms with E-state index in [1.807, 2.05) is 48.0 Å². The van der Waals surface area contributed by atoms with E-state index >= 15 is 0 Å². The van der Waals surface area contributed by atoms with Crippen LogP contribution in [0.5, 0.6) is 0 Å². The summed E-state index contributed by atoms with van der Waals surface area (Å²) in [6.07, 6.45) is 2.45. The first-order valence-corrected chi connectivity index (χ1v) is 12.0. The average Bonchev–Trinajstić information content (AvgIpc) is 3.23. The summed E-state index contributed by atoms with van der Waals surface area (Å²) >= 11 is 0. The average molecular weight is 455 g/mol. The van der Waals surface area contributed by atoms with Gasteiger partial charge in [0.15, 0.2) is 5.82 Å². The van der Waals surface area contributed by atoms with Crippen LogP contribution in [0.4, 0.5) is 5.82 Å². The maximum absolute atomic E-state index is 12.7. The van der Waals surface area contributed by atoms with Crippen molar-refractivity contribution in [1.82, 2.24) is 25.3 Å². The molecule has 1 aliphatic rings. The van der Waals surface area contributed by atoms with E-state index in [0.29, 0.717) is 6.54 Å². The first-order valence-electron chi connectivity index (χ1n) is 12.0. The summed E-state index contributed by atoms with van der Waals surface area (Å²) in [5.74, 6) is 0.991. The number of nitrogens with zero attached hydrogens (tertiary/aromatic N) is 5. The second kappa shape index (κ2) is 9.63. The van der Waals surface area contributed by atoms with Crippen LogP contribution in [0.2, 0.25) is 0 Å². The molecular formula is C27H30N6O. The zero-order chi connectivity index (χ0) is 23.5. The molecular weight excluding hydrogens is 424 g/mol. The molecule has 7 heteroatoms. The van der Waals surface area contributed by atoms with Crippen molar-refractivity contribution in [1.29, 1.82) is 0 Å². The fourth-order valence-corrected chi connectivity index (χ4v) is 4.82. The highest BCUT2D eigenvalue weighted by atomic mass is 16.1. The number of nitrogens with one attached hydrogen (secondary N) is 1. The number of anilines is 1. The van der Waals surface area contributed by atoms with Crippen molar-refractivity contribution in [2.45, 2.75) is 33.1 Å². The van der Waals surface area contributed by atoms with E-state index in [9.17, 15) is 4.79 Å². The minimum Gasteiger partial charge on any atom is -0.356 e. The molecule has 3 heterocycles. The topological polar surface area (TPSA) is 75.9 Å². The lowest BCUT2D eigenvalue weighted by Crippen LogP contribution is -2.41. The first kappa shape index (κ1) is 22.1. The van der Waals surface area contributed by atoms with Gasteiger partial charge in [-0.3, -0.25) is 4.79 Å². The molecule has 1 fully saturated rings. The maximum Gasteiger partial charge on any atom is 0.223 e. The van der Waals surface area contributed by atoms with Gasteiger partial charge in [0.25, 0.3) is 0 Å². The zero-order valence-corrected chi connectivity index (χ0v) is 19.7. The summed E-state index contributed by atoms with van der Waals surface area (Å²) in [6, 6.07) is 20.4. The molecule has 7 nitrogen and oxygen atoms in total. The number of aryl methyl sites for hydroxylation is 2. The van der Waals surface area contributed by atoms with Gasteiger partial charge in [0, 0.05) is 25.6 Å². The van der Waals surface area contributed by atoms with Crippen LogP contribution in [0.15, 0.2) is 60.7 Å². The Morgan fingerprint density at radius 3 is 2.35 bits per heavy atom. The molecule has 0 aliphatic carbocycles. The van der Waals surface area contributed by atoms with Gasteiger partial charge in [0.2, 0.25) is 5.91 Å². The molecule has 5 rings (SSSR count). The zero-order valence-electron chi connectivity index (χ0n) is 19.7. The SMILES string of the molecule is Cc1nnc(N2CCC(C(=O)NCCc3ccccc3)CC2)c2nn(-c3ccccc3)c(C)c12.